The zero-order valence-electron chi connectivity index (χ0n) is 16.6. The van der Waals surface area contributed by atoms with Crippen molar-refractivity contribution in [3.05, 3.63) is 35.4 Å². The Labute approximate surface area is 161 Å². The number of likely N-dealkylation sites (N-methyl/N-ethyl adjacent to an activating group) is 1. The highest BCUT2D eigenvalue weighted by atomic mass is 16.5. The van der Waals surface area contributed by atoms with Gasteiger partial charge < -0.3 is 19.9 Å². The predicted octanol–water partition coefficient (Wildman–Crippen LogP) is 1.68. The highest BCUT2D eigenvalue weighted by Gasteiger charge is 2.35. The maximum Gasteiger partial charge on any atom is 0.254 e. The number of amides is 2. The first-order chi connectivity index (χ1) is 13.0. The monoisotopic (exact) mass is 373 g/mol. The first-order valence-corrected chi connectivity index (χ1v) is 9.95. The number of hydrogen-bond acceptors (Lipinski definition) is 4. The molecule has 2 heterocycles. The molecular weight excluding hydrogens is 342 g/mol. The summed E-state index contributed by atoms with van der Waals surface area (Å²) in [6.07, 6.45) is 1.49. The molecule has 2 atom stereocenters. The maximum atomic E-state index is 12.7. The topological polar surface area (TPSA) is 61.9 Å². The van der Waals surface area contributed by atoms with Crippen LogP contribution < -0.4 is 5.32 Å². The molecule has 0 aliphatic carbocycles. The Morgan fingerprint density at radius 1 is 1.19 bits per heavy atom. The molecule has 2 aliphatic heterocycles. The van der Waals surface area contributed by atoms with Gasteiger partial charge in [-0.2, -0.15) is 0 Å². The van der Waals surface area contributed by atoms with Gasteiger partial charge in [-0.1, -0.05) is 18.2 Å². The summed E-state index contributed by atoms with van der Waals surface area (Å²) in [7, 11) is 2.05. The van der Waals surface area contributed by atoms with Gasteiger partial charge in [0.25, 0.3) is 5.91 Å². The third kappa shape index (κ3) is 4.68. The lowest BCUT2D eigenvalue weighted by atomic mass is 9.94. The van der Waals surface area contributed by atoms with Gasteiger partial charge in [0.05, 0.1) is 12.1 Å². The third-order valence-electron chi connectivity index (χ3n) is 5.69. The van der Waals surface area contributed by atoms with Crippen LogP contribution in [-0.4, -0.2) is 73.6 Å². The molecule has 2 fully saturated rings. The number of piperidine rings is 1. The van der Waals surface area contributed by atoms with Gasteiger partial charge in [-0.15, -0.1) is 0 Å². The number of ether oxygens (including phenoxy) is 1. The molecule has 0 spiro atoms. The van der Waals surface area contributed by atoms with E-state index in [-0.39, 0.29) is 29.9 Å². The fourth-order valence-electron chi connectivity index (χ4n) is 4.11. The van der Waals surface area contributed by atoms with Crippen molar-refractivity contribution in [2.45, 2.75) is 38.8 Å². The number of carbonyl (C=O) groups excluding carboxylic acids is 2. The lowest BCUT2D eigenvalue weighted by Gasteiger charge is -2.32. The normalized spacial score (nSPS) is 24.2. The van der Waals surface area contributed by atoms with Crippen molar-refractivity contribution >= 4 is 11.8 Å². The van der Waals surface area contributed by atoms with Crippen LogP contribution in [0.25, 0.3) is 0 Å². The molecular formula is C21H31N3O3. The average molecular weight is 373 g/mol. The number of aryl methyl sites for hydroxylation is 1. The second-order valence-electron chi connectivity index (χ2n) is 7.71. The molecule has 2 aliphatic rings. The van der Waals surface area contributed by atoms with Crippen molar-refractivity contribution in [1.82, 2.24) is 15.1 Å². The van der Waals surface area contributed by atoms with Crippen LogP contribution in [0.2, 0.25) is 0 Å². The summed E-state index contributed by atoms with van der Waals surface area (Å²) in [6.45, 7) is 7.53. The molecule has 6 heteroatoms. The van der Waals surface area contributed by atoms with E-state index in [9.17, 15) is 9.59 Å². The summed E-state index contributed by atoms with van der Waals surface area (Å²) < 4.78 is 5.77. The van der Waals surface area contributed by atoms with Crippen molar-refractivity contribution in [1.29, 1.82) is 0 Å². The lowest BCUT2D eigenvalue weighted by molar-refractivity contribution is -0.127. The molecule has 2 saturated heterocycles. The number of hydrogen-bond donors (Lipinski definition) is 1. The van der Waals surface area contributed by atoms with Crippen LogP contribution in [0.1, 0.15) is 35.7 Å². The Morgan fingerprint density at radius 2 is 1.89 bits per heavy atom. The molecule has 0 saturated carbocycles. The Hall–Kier alpha value is -1.92. The van der Waals surface area contributed by atoms with Crippen molar-refractivity contribution < 1.29 is 14.3 Å². The molecule has 0 radical (unpaired) electrons. The van der Waals surface area contributed by atoms with E-state index in [4.69, 9.17) is 4.74 Å². The van der Waals surface area contributed by atoms with E-state index in [2.05, 4.69) is 10.2 Å². The van der Waals surface area contributed by atoms with Crippen LogP contribution in [0, 0.1) is 12.8 Å². The van der Waals surface area contributed by atoms with Crippen molar-refractivity contribution in [2.75, 3.05) is 39.8 Å². The number of rotatable bonds is 5. The number of carbonyl (C=O) groups is 2. The minimum atomic E-state index is -0.0286. The molecule has 6 nitrogen and oxygen atoms in total. The number of benzene rings is 1. The fourth-order valence-corrected chi connectivity index (χ4v) is 4.11. The molecule has 0 unspecified atom stereocenters. The zero-order valence-corrected chi connectivity index (χ0v) is 16.6. The molecule has 148 valence electrons. The van der Waals surface area contributed by atoms with Gasteiger partial charge in [0.15, 0.2) is 0 Å². The van der Waals surface area contributed by atoms with Crippen LogP contribution in [0.15, 0.2) is 24.3 Å². The standard InChI is InChI=1S/C21H31N3O3/c1-4-27-19-14-23(3)13-18(19)22-20(25)16-9-11-24(12-10-16)21(26)17-8-6-5-7-15(17)2/h5-8,16,18-19H,4,9-14H2,1-3H3,(H,22,25)/t18-,19-/m0/s1. The van der Waals surface area contributed by atoms with Crippen LogP contribution in [0.5, 0.6) is 0 Å². The largest absolute Gasteiger partial charge is 0.375 e. The Morgan fingerprint density at radius 3 is 2.56 bits per heavy atom. The van der Waals surface area contributed by atoms with E-state index >= 15 is 0 Å². The van der Waals surface area contributed by atoms with E-state index < -0.39 is 0 Å². The van der Waals surface area contributed by atoms with E-state index in [0.717, 1.165) is 24.2 Å². The van der Waals surface area contributed by atoms with Crippen LogP contribution in [0.4, 0.5) is 0 Å². The van der Waals surface area contributed by atoms with Gasteiger partial charge in [0, 0.05) is 44.3 Å². The minimum absolute atomic E-state index is 0.0286. The summed E-state index contributed by atoms with van der Waals surface area (Å²) in [5.41, 5.74) is 1.75. The maximum absolute atomic E-state index is 12.7. The Bertz CT molecular complexity index is 670. The molecule has 2 amide bonds. The minimum Gasteiger partial charge on any atom is -0.375 e. The second-order valence-corrected chi connectivity index (χ2v) is 7.71. The second kappa shape index (κ2) is 8.85. The van der Waals surface area contributed by atoms with Crippen LogP contribution in [-0.2, 0) is 9.53 Å². The van der Waals surface area contributed by atoms with Gasteiger partial charge in [0.1, 0.15) is 0 Å². The van der Waals surface area contributed by atoms with Gasteiger partial charge in [-0.3, -0.25) is 9.59 Å². The van der Waals surface area contributed by atoms with E-state index in [0.29, 0.717) is 32.5 Å². The zero-order chi connectivity index (χ0) is 19.4. The first-order valence-electron chi connectivity index (χ1n) is 9.95. The number of nitrogens with zero attached hydrogens (tertiary/aromatic N) is 2. The Kier molecular flexibility index (Phi) is 6.50. The van der Waals surface area contributed by atoms with Crippen molar-refractivity contribution in [3.63, 3.8) is 0 Å². The summed E-state index contributed by atoms with van der Waals surface area (Å²) in [5, 5.41) is 3.19. The summed E-state index contributed by atoms with van der Waals surface area (Å²) in [5.74, 6) is 0.142. The molecule has 27 heavy (non-hydrogen) atoms. The molecule has 1 aromatic carbocycles. The molecule has 1 aromatic rings. The molecule has 0 aromatic heterocycles. The quantitative estimate of drug-likeness (QED) is 0.853. The van der Waals surface area contributed by atoms with Crippen LogP contribution >= 0.6 is 0 Å². The van der Waals surface area contributed by atoms with E-state index in [1.165, 1.54) is 0 Å². The third-order valence-corrected chi connectivity index (χ3v) is 5.69. The van der Waals surface area contributed by atoms with Gasteiger partial charge in [-0.05, 0) is 45.4 Å². The lowest BCUT2D eigenvalue weighted by Crippen LogP contribution is -2.49. The summed E-state index contributed by atoms with van der Waals surface area (Å²) in [4.78, 5) is 29.5. The van der Waals surface area contributed by atoms with Gasteiger partial charge >= 0.3 is 0 Å². The smallest absolute Gasteiger partial charge is 0.254 e. The average Bonchev–Trinajstić information content (AvgIpc) is 3.01. The highest BCUT2D eigenvalue weighted by Crippen LogP contribution is 2.21. The van der Waals surface area contributed by atoms with Crippen molar-refractivity contribution in [3.8, 4) is 0 Å². The molecule has 1 N–H and O–H groups in total. The molecule has 3 rings (SSSR count). The first kappa shape index (κ1) is 19.8. The van der Waals surface area contributed by atoms with Gasteiger partial charge in [0.2, 0.25) is 5.91 Å². The fraction of sp³-hybridized carbons (Fsp3) is 0.619. The number of likely N-dealkylation sites (tertiary alicyclic amines) is 2. The number of nitrogens with one attached hydrogen (secondary N) is 1. The molecule has 0 bridgehead atoms. The van der Waals surface area contributed by atoms with Gasteiger partial charge in [-0.25, -0.2) is 0 Å². The highest BCUT2D eigenvalue weighted by molar-refractivity contribution is 5.95. The predicted molar refractivity (Wildman–Crippen MR) is 105 cm³/mol. The summed E-state index contributed by atoms with van der Waals surface area (Å²) >= 11 is 0. The Balaban J connectivity index is 1.52. The summed E-state index contributed by atoms with van der Waals surface area (Å²) in [6, 6.07) is 7.72. The SMILES string of the molecule is CCO[C@H]1CN(C)C[C@@H]1NC(=O)C1CCN(C(=O)c2ccccc2C)CC1. The van der Waals surface area contributed by atoms with E-state index in [1.807, 2.05) is 50.1 Å². The van der Waals surface area contributed by atoms with Crippen LogP contribution in [0.3, 0.4) is 0 Å². The van der Waals surface area contributed by atoms with Crippen molar-refractivity contribution in [2.24, 2.45) is 5.92 Å². The van der Waals surface area contributed by atoms with E-state index in [1.54, 1.807) is 0 Å².